The summed E-state index contributed by atoms with van der Waals surface area (Å²) in [6.45, 7) is 2.03. The first-order valence-electron chi connectivity index (χ1n) is 8.22. The summed E-state index contributed by atoms with van der Waals surface area (Å²) in [5, 5.41) is 57.6. The summed E-state index contributed by atoms with van der Waals surface area (Å²) in [7, 11) is 0. The minimum absolute atomic E-state index is 0.159. The standard InChI is InChI=1S/C16H28O9S/c1-4-5-23-15(10(19)6-17)25-11(7-18)9(3)26-16-14(22)13(21)12(20)8(2)24-16/h1,8-22H,5-7H2,2-3H3/t8?,9-,10-,11?,12?,13?,14?,15?,16?/m0/s1. The van der Waals surface area contributed by atoms with Crippen LogP contribution < -0.4 is 0 Å². The van der Waals surface area contributed by atoms with Gasteiger partial charge in [0.05, 0.1) is 25.4 Å². The van der Waals surface area contributed by atoms with Crippen LogP contribution in [0.5, 0.6) is 0 Å². The third kappa shape index (κ3) is 6.31. The first kappa shape index (κ1) is 23.6. The highest BCUT2D eigenvalue weighted by molar-refractivity contribution is 8.00. The van der Waals surface area contributed by atoms with Gasteiger partial charge in [0.25, 0.3) is 0 Å². The molecule has 0 aromatic heterocycles. The molecule has 0 aromatic carbocycles. The largest absolute Gasteiger partial charge is 0.394 e. The average molecular weight is 396 g/mol. The molecule has 0 bridgehead atoms. The molecule has 0 radical (unpaired) electrons. The molecule has 0 saturated carbocycles. The molecule has 0 aliphatic carbocycles. The highest BCUT2D eigenvalue weighted by Gasteiger charge is 2.43. The van der Waals surface area contributed by atoms with Crippen LogP contribution in [0, 0.1) is 12.3 Å². The van der Waals surface area contributed by atoms with E-state index in [1.165, 1.54) is 0 Å². The van der Waals surface area contributed by atoms with E-state index < -0.39 is 66.8 Å². The first-order chi connectivity index (χ1) is 12.3. The van der Waals surface area contributed by atoms with Gasteiger partial charge < -0.3 is 44.8 Å². The highest BCUT2D eigenvalue weighted by atomic mass is 32.2. The predicted octanol–water partition coefficient (Wildman–Crippen LogP) is -2.36. The number of rotatable bonds is 10. The number of aliphatic hydroxyl groups is 6. The smallest absolute Gasteiger partial charge is 0.187 e. The molecule has 1 aliphatic heterocycles. The van der Waals surface area contributed by atoms with Gasteiger partial charge in [-0.25, -0.2) is 0 Å². The van der Waals surface area contributed by atoms with E-state index in [-0.39, 0.29) is 6.61 Å². The van der Waals surface area contributed by atoms with E-state index in [9.17, 15) is 25.5 Å². The number of thioether (sulfide) groups is 1. The maximum absolute atomic E-state index is 10.1. The van der Waals surface area contributed by atoms with Crippen LogP contribution in [-0.2, 0) is 14.2 Å². The van der Waals surface area contributed by atoms with E-state index >= 15 is 0 Å². The number of ether oxygens (including phenoxy) is 3. The zero-order chi connectivity index (χ0) is 19.9. The molecule has 152 valence electrons. The van der Waals surface area contributed by atoms with Crippen molar-refractivity contribution < 1.29 is 44.8 Å². The third-order valence-corrected chi connectivity index (χ3v) is 5.39. The van der Waals surface area contributed by atoms with E-state index in [1.54, 1.807) is 13.8 Å². The van der Waals surface area contributed by atoms with Crippen LogP contribution in [0.2, 0.25) is 0 Å². The van der Waals surface area contributed by atoms with Crippen molar-refractivity contribution in [1.29, 1.82) is 0 Å². The molecule has 26 heavy (non-hydrogen) atoms. The van der Waals surface area contributed by atoms with Gasteiger partial charge >= 0.3 is 0 Å². The van der Waals surface area contributed by atoms with Crippen molar-refractivity contribution in [2.75, 3.05) is 19.8 Å². The van der Waals surface area contributed by atoms with Crippen LogP contribution in [0.15, 0.2) is 0 Å². The van der Waals surface area contributed by atoms with Gasteiger partial charge in [0.2, 0.25) is 0 Å². The zero-order valence-electron chi connectivity index (χ0n) is 14.7. The minimum atomic E-state index is -1.36. The van der Waals surface area contributed by atoms with Crippen LogP contribution >= 0.6 is 11.8 Å². The van der Waals surface area contributed by atoms with Crippen molar-refractivity contribution in [3.63, 3.8) is 0 Å². The SMILES string of the molecule is C#CCOC(OC(CO)[C@H](C)SC1OC(C)C(O)C(O)C1O)[C@@H](O)CO. The molecule has 0 aromatic rings. The number of aliphatic hydroxyl groups excluding tert-OH is 6. The zero-order valence-corrected chi connectivity index (χ0v) is 15.5. The summed E-state index contributed by atoms with van der Waals surface area (Å²) < 4.78 is 16.2. The van der Waals surface area contributed by atoms with Crippen LogP contribution in [0.1, 0.15) is 13.8 Å². The summed E-state index contributed by atoms with van der Waals surface area (Å²) in [6.07, 6.45) is -2.94. The van der Waals surface area contributed by atoms with Crippen molar-refractivity contribution in [3.05, 3.63) is 0 Å². The molecule has 0 amide bonds. The average Bonchev–Trinajstić information content (AvgIpc) is 2.63. The van der Waals surface area contributed by atoms with Gasteiger partial charge in [-0.2, -0.15) is 0 Å². The van der Waals surface area contributed by atoms with Crippen LogP contribution in [-0.4, -0.2) is 104 Å². The quantitative estimate of drug-likeness (QED) is 0.175. The van der Waals surface area contributed by atoms with Crippen LogP contribution in [0.4, 0.5) is 0 Å². The Bertz CT molecular complexity index is 446. The van der Waals surface area contributed by atoms with Gasteiger partial charge in [-0.05, 0) is 6.92 Å². The molecule has 1 heterocycles. The predicted molar refractivity (Wildman–Crippen MR) is 93.0 cm³/mol. The molecule has 1 aliphatic rings. The maximum atomic E-state index is 10.1. The Morgan fingerprint density at radius 2 is 1.81 bits per heavy atom. The molecule has 6 N–H and O–H groups in total. The normalized spacial score (nSPS) is 33.9. The maximum Gasteiger partial charge on any atom is 0.187 e. The van der Waals surface area contributed by atoms with Gasteiger partial charge in [-0.3, -0.25) is 0 Å². The molecule has 1 saturated heterocycles. The summed E-state index contributed by atoms with van der Waals surface area (Å²) in [4.78, 5) is 0. The fourth-order valence-corrected chi connectivity index (χ4v) is 3.67. The highest BCUT2D eigenvalue weighted by Crippen LogP contribution is 2.32. The Hall–Kier alpha value is -0.450. The molecule has 9 nitrogen and oxygen atoms in total. The monoisotopic (exact) mass is 396 g/mol. The van der Waals surface area contributed by atoms with Gasteiger partial charge in [-0.15, -0.1) is 18.2 Å². The second-order valence-electron chi connectivity index (χ2n) is 6.01. The Labute approximate surface area is 156 Å². The van der Waals surface area contributed by atoms with Crippen molar-refractivity contribution in [2.45, 2.75) is 67.4 Å². The lowest BCUT2D eigenvalue weighted by molar-refractivity contribution is -0.221. The lowest BCUT2D eigenvalue weighted by Crippen LogP contribution is -2.56. The second-order valence-corrected chi connectivity index (χ2v) is 7.49. The molecular formula is C16H28O9S. The molecular weight excluding hydrogens is 368 g/mol. The van der Waals surface area contributed by atoms with Gasteiger partial charge in [0.1, 0.15) is 36.5 Å². The van der Waals surface area contributed by atoms with Gasteiger partial charge in [0.15, 0.2) is 6.29 Å². The topological polar surface area (TPSA) is 149 Å². The second kappa shape index (κ2) is 11.4. The molecule has 7 unspecified atom stereocenters. The van der Waals surface area contributed by atoms with Crippen LogP contribution in [0.25, 0.3) is 0 Å². The lowest BCUT2D eigenvalue weighted by atomic mass is 10.0. The number of hydrogen-bond acceptors (Lipinski definition) is 10. The van der Waals surface area contributed by atoms with Gasteiger partial charge in [0, 0.05) is 5.25 Å². The first-order valence-corrected chi connectivity index (χ1v) is 9.16. The van der Waals surface area contributed by atoms with Crippen LogP contribution in [0.3, 0.4) is 0 Å². The molecule has 10 heteroatoms. The number of terminal acetylenes is 1. The fraction of sp³-hybridized carbons (Fsp3) is 0.875. The Kier molecular flexibility index (Phi) is 10.3. The van der Waals surface area contributed by atoms with Crippen molar-refractivity contribution >= 4 is 11.8 Å². The molecule has 9 atom stereocenters. The Balaban J connectivity index is 2.72. The van der Waals surface area contributed by atoms with E-state index in [2.05, 4.69) is 5.92 Å². The van der Waals surface area contributed by atoms with Gasteiger partial charge in [-0.1, -0.05) is 12.8 Å². The van der Waals surface area contributed by atoms with Crippen molar-refractivity contribution in [2.24, 2.45) is 0 Å². The minimum Gasteiger partial charge on any atom is -0.394 e. The van der Waals surface area contributed by atoms with E-state index in [4.69, 9.17) is 25.7 Å². The summed E-state index contributed by atoms with van der Waals surface area (Å²) in [5.74, 6) is 2.22. The lowest BCUT2D eigenvalue weighted by Gasteiger charge is -2.40. The fourth-order valence-electron chi connectivity index (χ4n) is 2.36. The van der Waals surface area contributed by atoms with E-state index in [0.29, 0.717) is 0 Å². The summed E-state index contributed by atoms with van der Waals surface area (Å²) in [6, 6.07) is 0. The third-order valence-electron chi connectivity index (χ3n) is 4.00. The van der Waals surface area contributed by atoms with E-state index in [0.717, 1.165) is 11.8 Å². The molecule has 1 rings (SSSR count). The molecule has 0 spiro atoms. The van der Waals surface area contributed by atoms with E-state index in [1.807, 2.05) is 0 Å². The number of hydrogen-bond donors (Lipinski definition) is 6. The Morgan fingerprint density at radius 3 is 2.35 bits per heavy atom. The van der Waals surface area contributed by atoms with Crippen molar-refractivity contribution in [1.82, 2.24) is 0 Å². The van der Waals surface area contributed by atoms with Crippen molar-refractivity contribution in [3.8, 4) is 12.3 Å². The molecule has 1 fully saturated rings. The summed E-state index contributed by atoms with van der Waals surface area (Å²) in [5.41, 5.74) is -0.858. The summed E-state index contributed by atoms with van der Waals surface area (Å²) >= 11 is 1.09. The Morgan fingerprint density at radius 1 is 1.15 bits per heavy atom.